The van der Waals surface area contributed by atoms with E-state index in [1.54, 1.807) is 0 Å². The van der Waals surface area contributed by atoms with Crippen molar-refractivity contribution in [3.8, 4) is 0 Å². The van der Waals surface area contributed by atoms with E-state index in [0.29, 0.717) is 5.02 Å². The Balaban J connectivity index is 2.19. The van der Waals surface area contributed by atoms with Gasteiger partial charge in [-0.25, -0.2) is 4.79 Å². The zero-order chi connectivity index (χ0) is 10.9. The molecule has 2 rings (SSSR count). The molecule has 1 N–H and O–H groups in total. The number of amides is 1. The Bertz CT molecular complexity index is 388. The van der Waals surface area contributed by atoms with Crippen molar-refractivity contribution in [3.63, 3.8) is 0 Å². The first-order valence-electron chi connectivity index (χ1n) is 4.78. The van der Waals surface area contributed by atoms with Gasteiger partial charge in [-0.1, -0.05) is 23.7 Å². The van der Waals surface area contributed by atoms with Gasteiger partial charge < -0.3 is 10.1 Å². The number of hydrogen-bond donors (Lipinski definition) is 1. The topological polar surface area (TPSA) is 38.3 Å². The predicted molar refractivity (Wildman–Crippen MR) is 57.9 cm³/mol. The van der Waals surface area contributed by atoms with Gasteiger partial charge in [0.1, 0.15) is 0 Å². The van der Waals surface area contributed by atoms with Crippen LogP contribution in [0.25, 0.3) is 0 Å². The molecule has 1 saturated carbocycles. The van der Waals surface area contributed by atoms with E-state index >= 15 is 0 Å². The molecule has 0 aromatic heterocycles. The van der Waals surface area contributed by atoms with Crippen molar-refractivity contribution in [1.82, 2.24) is 5.32 Å². The van der Waals surface area contributed by atoms with Gasteiger partial charge in [-0.05, 0) is 30.5 Å². The summed E-state index contributed by atoms with van der Waals surface area (Å²) in [5.74, 6) is 0. The van der Waals surface area contributed by atoms with Crippen molar-refractivity contribution in [2.45, 2.75) is 18.4 Å². The maximum Gasteiger partial charge on any atom is 0.407 e. The summed E-state index contributed by atoms with van der Waals surface area (Å²) in [5, 5.41) is 3.53. The van der Waals surface area contributed by atoms with E-state index in [1.165, 1.54) is 7.11 Å². The van der Waals surface area contributed by atoms with Gasteiger partial charge in [0.2, 0.25) is 0 Å². The lowest BCUT2D eigenvalue weighted by atomic mass is 10.1. The predicted octanol–water partition coefficient (Wildman–Crippen LogP) is 2.69. The van der Waals surface area contributed by atoms with Crippen molar-refractivity contribution in [2.24, 2.45) is 0 Å². The molecule has 0 atom stereocenters. The van der Waals surface area contributed by atoms with Crippen molar-refractivity contribution < 1.29 is 9.53 Å². The Morgan fingerprint density at radius 2 is 2.27 bits per heavy atom. The lowest BCUT2D eigenvalue weighted by molar-refractivity contribution is 0.165. The van der Waals surface area contributed by atoms with Crippen LogP contribution in [0.5, 0.6) is 0 Å². The summed E-state index contributed by atoms with van der Waals surface area (Å²) < 4.78 is 4.59. The van der Waals surface area contributed by atoms with Crippen LogP contribution < -0.4 is 5.32 Å². The Morgan fingerprint density at radius 3 is 2.80 bits per heavy atom. The minimum atomic E-state index is -0.396. The Kier molecular flexibility index (Phi) is 2.57. The highest BCUT2D eigenvalue weighted by molar-refractivity contribution is 6.30. The highest BCUT2D eigenvalue weighted by Gasteiger charge is 2.46. The molecule has 0 bridgehead atoms. The first-order valence-corrected chi connectivity index (χ1v) is 5.16. The molecule has 0 unspecified atom stereocenters. The van der Waals surface area contributed by atoms with Crippen molar-refractivity contribution in [1.29, 1.82) is 0 Å². The van der Waals surface area contributed by atoms with Gasteiger partial charge in [0, 0.05) is 5.02 Å². The number of rotatable bonds is 2. The van der Waals surface area contributed by atoms with Crippen molar-refractivity contribution in [2.75, 3.05) is 7.11 Å². The lowest BCUT2D eigenvalue weighted by Crippen LogP contribution is -2.34. The fourth-order valence-electron chi connectivity index (χ4n) is 1.64. The molecular formula is C11H12ClNO2. The van der Waals surface area contributed by atoms with Crippen LogP contribution in [0.2, 0.25) is 5.02 Å². The Hall–Kier alpha value is -1.22. The number of alkyl carbamates (subject to hydrolysis) is 1. The number of carbonyl (C=O) groups excluding carboxylic acids is 1. The number of hydrogen-bond acceptors (Lipinski definition) is 2. The van der Waals surface area contributed by atoms with Crippen LogP contribution in [-0.4, -0.2) is 13.2 Å². The van der Waals surface area contributed by atoms with E-state index in [1.807, 2.05) is 24.3 Å². The van der Waals surface area contributed by atoms with Crippen molar-refractivity contribution >= 4 is 17.7 Å². The highest BCUT2D eigenvalue weighted by atomic mass is 35.5. The summed E-state index contributed by atoms with van der Waals surface area (Å²) in [6.45, 7) is 0. The zero-order valence-electron chi connectivity index (χ0n) is 8.42. The summed E-state index contributed by atoms with van der Waals surface area (Å²) in [6, 6.07) is 7.55. The SMILES string of the molecule is COC(=O)NC1(c2cccc(Cl)c2)CC1. The van der Waals surface area contributed by atoms with E-state index < -0.39 is 6.09 Å². The summed E-state index contributed by atoms with van der Waals surface area (Å²) >= 11 is 5.91. The highest BCUT2D eigenvalue weighted by Crippen LogP contribution is 2.45. The number of benzene rings is 1. The normalized spacial score (nSPS) is 16.9. The minimum absolute atomic E-state index is 0.252. The van der Waals surface area contributed by atoms with E-state index in [0.717, 1.165) is 18.4 Å². The third kappa shape index (κ3) is 2.07. The van der Waals surface area contributed by atoms with Gasteiger partial charge >= 0.3 is 6.09 Å². The van der Waals surface area contributed by atoms with Gasteiger partial charge in [0.15, 0.2) is 0 Å². The average molecular weight is 226 g/mol. The molecule has 0 spiro atoms. The number of nitrogens with one attached hydrogen (secondary N) is 1. The minimum Gasteiger partial charge on any atom is -0.453 e. The third-order valence-corrected chi connectivity index (χ3v) is 2.89. The molecule has 0 radical (unpaired) electrons. The molecule has 1 fully saturated rings. The van der Waals surface area contributed by atoms with Gasteiger partial charge in [0.25, 0.3) is 0 Å². The Labute approximate surface area is 93.4 Å². The quantitative estimate of drug-likeness (QED) is 0.841. The summed E-state index contributed by atoms with van der Waals surface area (Å²) in [7, 11) is 1.36. The number of methoxy groups -OCH3 is 1. The van der Waals surface area contributed by atoms with Gasteiger partial charge in [-0.15, -0.1) is 0 Å². The van der Waals surface area contributed by atoms with Crippen LogP contribution in [0.1, 0.15) is 18.4 Å². The van der Waals surface area contributed by atoms with Crippen molar-refractivity contribution in [3.05, 3.63) is 34.9 Å². The van der Waals surface area contributed by atoms with Crippen LogP contribution >= 0.6 is 11.6 Å². The summed E-state index contributed by atoms with van der Waals surface area (Å²) in [5.41, 5.74) is 0.790. The third-order valence-electron chi connectivity index (χ3n) is 2.65. The fourth-order valence-corrected chi connectivity index (χ4v) is 1.83. The molecule has 1 aromatic rings. The molecule has 1 aliphatic rings. The number of halogens is 1. The standard InChI is InChI=1S/C11H12ClNO2/c1-15-10(14)13-11(5-6-11)8-3-2-4-9(12)7-8/h2-4,7H,5-6H2,1H3,(H,13,14). The number of carbonyl (C=O) groups is 1. The van der Waals surface area contributed by atoms with E-state index in [9.17, 15) is 4.79 Å². The molecule has 0 heterocycles. The molecule has 15 heavy (non-hydrogen) atoms. The number of ether oxygens (including phenoxy) is 1. The monoisotopic (exact) mass is 225 g/mol. The van der Waals surface area contributed by atoms with E-state index in [2.05, 4.69) is 10.1 Å². The second-order valence-corrected chi connectivity index (χ2v) is 4.15. The molecule has 1 aromatic carbocycles. The van der Waals surface area contributed by atoms with Crippen LogP contribution in [-0.2, 0) is 10.3 Å². The molecular weight excluding hydrogens is 214 g/mol. The van der Waals surface area contributed by atoms with E-state index in [4.69, 9.17) is 11.6 Å². The molecule has 4 heteroatoms. The first kappa shape index (κ1) is 10.3. The first-order chi connectivity index (χ1) is 7.16. The lowest BCUT2D eigenvalue weighted by Gasteiger charge is -2.16. The molecule has 80 valence electrons. The zero-order valence-corrected chi connectivity index (χ0v) is 9.17. The van der Waals surface area contributed by atoms with Gasteiger partial charge in [-0.3, -0.25) is 0 Å². The van der Waals surface area contributed by atoms with Crippen LogP contribution in [0.4, 0.5) is 4.79 Å². The molecule has 1 aliphatic carbocycles. The molecule has 1 amide bonds. The summed E-state index contributed by atoms with van der Waals surface area (Å²) in [6.07, 6.45) is 1.47. The maximum absolute atomic E-state index is 11.2. The second-order valence-electron chi connectivity index (χ2n) is 3.71. The van der Waals surface area contributed by atoms with Crippen LogP contribution in [0.15, 0.2) is 24.3 Å². The molecule has 0 aliphatic heterocycles. The Morgan fingerprint density at radius 1 is 1.53 bits per heavy atom. The van der Waals surface area contributed by atoms with Gasteiger partial charge in [-0.2, -0.15) is 0 Å². The summed E-state index contributed by atoms with van der Waals surface area (Å²) in [4.78, 5) is 11.2. The van der Waals surface area contributed by atoms with Crippen LogP contribution in [0, 0.1) is 0 Å². The molecule has 3 nitrogen and oxygen atoms in total. The smallest absolute Gasteiger partial charge is 0.407 e. The van der Waals surface area contributed by atoms with Gasteiger partial charge in [0.05, 0.1) is 12.6 Å². The van der Waals surface area contributed by atoms with Crippen LogP contribution in [0.3, 0.4) is 0 Å². The average Bonchev–Trinajstić information content (AvgIpc) is 2.99. The molecule has 0 saturated heterocycles. The van der Waals surface area contributed by atoms with E-state index in [-0.39, 0.29) is 5.54 Å². The second kappa shape index (κ2) is 3.74. The maximum atomic E-state index is 11.2. The largest absolute Gasteiger partial charge is 0.453 e. The fraction of sp³-hybridized carbons (Fsp3) is 0.364.